The third-order valence-electron chi connectivity index (χ3n) is 4.03. The minimum absolute atomic E-state index is 0.155. The Labute approximate surface area is 125 Å². The van der Waals surface area contributed by atoms with Gasteiger partial charge in [0.2, 0.25) is 0 Å². The number of urea groups is 1. The molecule has 2 atom stereocenters. The molecule has 5 nitrogen and oxygen atoms in total. The molecule has 116 valence electrons. The highest BCUT2D eigenvalue weighted by Gasteiger charge is 2.27. The topological polar surface area (TPSA) is 61.8 Å². The fourth-order valence-corrected chi connectivity index (χ4v) is 2.80. The Morgan fingerprint density at radius 1 is 1.43 bits per heavy atom. The van der Waals surface area contributed by atoms with Gasteiger partial charge in [0, 0.05) is 37.9 Å². The number of para-hydroxylation sites is 1. The average Bonchev–Trinajstić information content (AvgIpc) is 2.86. The highest BCUT2D eigenvalue weighted by atomic mass is 16.5. The molecular weight excluding hydrogens is 268 g/mol. The Hall–Kier alpha value is -1.59. The Morgan fingerprint density at radius 3 is 2.86 bits per heavy atom. The van der Waals surface area contributed by atoms with E-state index in [-0.39, 0.29) is 18.1 Å². The molecule has 2 N–H and O–H groups in total. The smallest absolute Gasteiger partial charge is 0.321 e. The molecule has 2 unspecified atom stereocenters. The Morgan fingerprint density at radius 2 is 2.19 bits per heavy atom. The quantitative estimate of drug-likeness (QED) is 0.876. The number of hydrogen-bond acceptors (Lipinski definition) is 3. The maximum atomic E-state index is 12.3. The third kappa shape index (κ3) is 4.19. The number of rotatable bonds is 5. The summed E-state index contributed by atoms with van der Waals surface area (Å²) >= 11 is 0. The van der Waals surface area contributed by atoms with Gasteiger partial charge in [-0.1, -0.05) is 24.6 Å². The molecule has 0 spiro atoms. The summed E-state index contributed by atoms with van der Waals surface area (Å²) in [6, 6.07) is 7.44. The molecule has 1 saturated carbocycles. The van der Waals surface area contributed by atoms with Gasteiger partial charge >= 0.3 is 6.03 Å². The third-order valence-corrected chi connectivity index (χ3v) is 4.03. The van der Waals surface area contributed by atoms with E-state index in [1.807, 2.05) is 24.3 Å². The molecule has 21 heavy (non-hydrogen) atoms. The number of nitrogens with one attached hydrogen (secondary N) is 1. The molecule has 1 aromatic carbocycles. The maximum Gasteiger partial charge on any atom is 0.321 e. The second kappa shape index (κ2) is 7.43. The van der Waals surface area contributed by atoms with E-state index >= 15 is 0 Å². The molecule has 0 aromatic heterocycles. The van der Waals surface area contributed by atoms with Crippen molar-refractivity contribution in [3.05, 3.63) is 29.8 Å². The molecule has 1 fully saturated rings. The lowest BCUT2D eigenvalue weighted by molar-refractivity contribution is 0.116. The van der Waals surface area contributed by atoms with Gasteiger partial charge in [-0.3, -0.25) is 0 Å². The monoisotopic (exact) mass is 292 g/mol. The van der Waals surface area contributed by atoms with Crippen molar-refractivity contribution in [2.75, 3.05) is 26.0 Å². The largest absolute Gasteiger partial charge is 0.393 e. The van der Waals surface area contributed by atoms with Crippen molar-refractivity contribution in [1.29, 1.82) is 0 Å². The van der Waals surface area contributed by atoms with Gasteiger partial charge in [0.05, 0.1) is 12.7 Å². The molecule has 1 aliphatic rings. The SMILES string of the molecule is COCc1ccccc1NC(=O)N(C)CC1CCCC1O. The van der Waals surface area contributed by atoms with Crippen LogP contribution >= 0.6 is 0 Å². The number of hydrogen-bond donors (Lipinski definition) is 2. The molecule has 0 aliphatic heterocycles. The number of methoxy groups -OCH3 is 1. The van der Waals surface area contributed by atoms with Gasteiger partial charge in [-0.05, 0) is 18.9 Å². The second-order valence-electron chi connectivity index (χ2n) is 5.66. The van der Waals surface area contributed by atoms with E-state index in [4.69, 9.17) is 4.74 Å². The number of carbonyl (C=O) groups is 1. The first-order valence-corrected chi connectivity index (χ1v) is 7.39. The minimum Gasteiger partial charge on any atom is -0.393 e. The van der Waals surface area contributed by atoms with Crippen LogP contribution in [0.25, 0.3) is 0 Å². The summed E-state index contributed by atoms with van der Waals surface area (Å²) in [5, 5.41) is 12.8. The molecule has 5 heteroatoms. The zero-order valence-electron chi connectivity index (χ0n) is 12.7. The Kier molecular flexibility index (Phi) is 5.59. The number of benzene rings is 1. The summed E-state index contributed by atoms with van der Waals surface area (Å²) in [4.78, 5) is 13.9. The number of ether oxygens (including phenoxy) is 1. The van der Waals surface area contributed by atoms with Gasteiger partial charge in [-0.25, -0.2) is 4.79 Å². The minimum atomic E-state index is -0.277. The average molecular weight is 292 g/mol. The first kappa shape index (κ1) is 15.8. The summed E-state index contributed by atoms with van der Waals surface area (Å²) < 4.78 is 5.13. The standard InChI is InChI=1S/C16H24N2O3/c1-18(10-12-7-5-9-15(12)19)16(20)17-14-8-4-3-6-13(14)11-21-2/h3-4,6,8,12,15,19H,5,7,9-11H2,1-2H3,(H,17,20). The number of aliphatic hydroxyl groups is 1. The van der Waals surface area contributed by atoms with Crippen LogP contribution in [-0.2, 0) is 11.3 Å². The summed E-state index contributed by atoms with van der Waals surface area (Å²) in [6.07, 6.45) is 2.59. The first-order chi connectivity index (χ1) is 10.1. The summed E-state index contributed by atoms with van der Waals surface area (Å²) in [6.45, 7) is 1.04. The van der Waals surface area contributed by atoms with E-state index in [1.165, 1.54) is 0 Å². The van der Waals surface area contributed by atoms with Crippen LogP contribution in [0.4, 0.5) is 10.5 Å². The second-order valence-corrected chi connectivity index (χ2v) is 5.66. The van der Waals surface area contributed by atoms with Crippen LogP contribution in [0, 0.1) is 5.92 Å². The Balaban J connectivity index is 1.94. The number of aliphatic hydroxyl groups excluding tert-OH is 1. The predicted octanol–water partition coefficient (Wildman–Crippen LogP) is 2.46. The van der Waals surface area contributed by atoms with Crippen molar-refractivity contribution < 1.29 is 14.6 Å². The van der Waals surface area contributed by atoms with Crippen LogP contribution < -0.4 is 5.32 Å². The van der Waals surface area contributed by atoms with Crippen LogP contribution in [0.2, 0.25) is 0 Å². The van der Waals surface area contributed by atoms with Crippen molar-refractivity contribution in [2.24, 2.45) is 5.92 Å². The van der Waals surface area contributed by atoms with Gasteiger partial charge in [0.1, 0.15) is 0 Å². The van der Waals surface area contributed by atoms with Gasteiger partial charge in [0.25, 0.3) is 0 Å². The van der Waals surface area contributed by atoms with Gasteiger partial charge in [-0.2, -0.15) is 0 Å². The van der Waals surface area contributed by atoms with Crippen LogP contribution in [0.3, 0.4) is 0 Å². The van der Waals surface area contributed by atoms with E-state index in [9.17, 15) is 9.90 Å². The summed E-state index contributed by atoms with van der Waals surface area (Å²) in [5.74, 6) is 0.190. The molecule has 0 bridgehead atoms. The molecule has 1 aliphatic carbocycles. The fraction of sp³-hybridized carbons (Fsp3) is 0.562. The normalized spacial score (nSPS) is 21.3. The molecule has 2 amide bonds. The summed E-state index contributed by atoms with van der Waals surface area (Å²) in [5.41, 5.74) is 1.71. The molecule has 0 saturated heterocycles. The van der Waals surface area contributed by atoms with E-state index in [0.29, 0.717) is 13.2 Å². The lowest BCUT2D eigenvalue weighted by atomic mass is 10.1. The fourth-order valence-electron chi connectivity index (χ4n) is 2.80. The zero-order valence-corrected chi connectivity index (χ0v) is 12.7. The number of nitrogens with zero attached hydrogens (tertiary/aromatic N) is 1. The highest BCUT2D eigenvalue weighted by molar-refractivity contribution is 5.90. The lowest BCUT2D eigenvalue weighted by Gasteiger charge is -2.24. The van der Waals surface area contributed by atoms with E-state index < -0.39 is 0 Å². The van der Waals surface area contributed by atoms with Gasteiger partial charge < -0.3 is 20.1 Å². The number of carbonyl (C=O) groups excluding carboxylic acids is 1. The van der Waals surface area contributed by atoms with Crippen molar-refractivity contribution in [2.45, 2.75) is 32.0 Å². The zero-order chi connectivity index (χ0) is 15.2. The molecule has 1 aromatic rings. The van der Waals surface area contributed by atoms with E-state index in [0.717, 1.165) is 30.5 Å². The molecule has 0 heterocycles. The Bertz CT molecular complexity index is 478. The number of amides is 2. The van der Waals surface area contributed by atoms with Crippen molar-refractivity contribution in [1.82, 2.24) is 4.90 Å². The predicted molar refractivity (Wildman–Crippen MR) is 82.2 cm³/mol. The van der Waals surface area contributed by atoms with E-state index in [2.05, 4.69) is 5.32 Å². The molecular formula is C16H24N2O3. The van der Waals surface area contributed by atoms with E-state index in [1.54, 1.807) is 19.1 Å². The van der Waals surface area contributed by atoms with Crippen LogP contribution in [0.15, 0.2) is 24.3 Å². The van der Waals surface area contributed by atoms with Crippen molar-refractivity contribution in [3.63, 3.8) is 0 Å². The van der Waals surface area contributed by atoms with Crippen LogP contribution in [-0.4, -0.2) is 42.8 Å². The van der Waals surface area contributed by atoms with Crippen LogP contribution in [0.1, 0.15) is 24.8 Å². The van der Waals surface area contributed by atoms with Gasteiger partial charge in [-0.15, -0.1) is 0 Å². The lowest BCUT2D eigenvalue weighted by Crippen LogP contribution is -2.37. The molecule has 2 rings (SSSR count). The molecule has 0 radical (unpaired) electrons. The highest BCUT2D eigenvalue weighted by Crippen LogP contribution is 2.26. The van der Waals surface area contributed by atoms with Gasteiger partial charge in [0.15, 0.2) is 0 Å². The first-order valence-electron chi connectivity index (χ1n) is 7.39. The number of anilines is 1. The summed E-state index contributed by atoms with van der Waals surface area (Å²) in [7, 11) is 3.39. The maximum absolute atomic E-state index is 12.3. The van der Waals surface area contributed by atoms with Crippen molar-refractivity contribution >= 4 is 11.7 Å². The van der Waals surface area contributed by atoms with Crippen molar-refractivity contribution in [3.8, 4) is 0 Å². The van der Waals surface area contributed by atoms with Crippen LogP contribution in [0.5, 0.6) is 0 Å².